The Morgan fingerprint density at radius 3 is 2.82 bits per heavy atom. The van der Waals surface area contributed by atoms with Gasteiger partial charge < -0.3 is 5.32 Å². The summed E-state index contributed by atoms with van der Waals surface area (Å²) < 4.78 is 0. The van der Waals surface area contributed by atoms with Crippen LogP contribution in [-0.4, -0.2) is 0 Å². The molecule has 0 unspecified atom stereocenters. The zero-order valence-corrected chi connectivity index (χ0v) is 6.09. The quantitative estimate of drug-likeness (QED) is 0.607. The number of nitrogens with zero attached hydrogens (tertiary/aromatic N) is 1. The van der Waals surface area contributed by atoms with Crippen molar-refractivity contribution in [2.75, 3.05) is 0 Å². The SMILES string of the molecule is C=CC1=CNC=C(C#N)C1=C. The van der Waals surface area contributed by atoms with Gasteiger partial charge in [-0.25, -0.2) is 0 Å². The molecule has 0 spiro atoms. The first-order valence-electron chi connectivity index (χ1n) is 3.18. The van der Waals surface area contributed by atoms with Gasteiger partial charge >= 0.3 is 0 Å². The highest BCUT2D eigenvalue weighted by molar-refractivity contribution is 5.56. The topological polar surface area (TPSA) is 35.8 Å². The van der Waals surface area contributed by atoms with Crippen LogP contribution in [0.4, 0.5) is 0 Å². The fraction of sp³-hybridized carbons (Fsp3) is 0. The second kappa shape index (κ2) is 2.89. The van der Waals surface area contributed by atoms with Gasteiger partial charge in [0.05, 0.1) is 5.57 Å². The standard InChI is InChI=1S/C9H8N2/c1-3-8-5-11-6-9(4-10)7(8)2/h3,5-6,11H,1-2H2. The van der Waals surface area contributed by atoms with Gasteiger partial charge in [-0.1, -0.05) is 19.2 Å². The Kier molecular flexibility index (Phi) is 1.93. The van der Waals surface area contributed by atoms with Crippen LogP contribution >= 0.6 is 0 Å². The fourth-order valence-corrected chi connectivity index (χ4v) is 0.826. The summed E-state index contributed by atoms with van der Waals surface area (Å²) >= 11 is 0. The van der Waals surface area contributed by atoms with Crippen molar-refractivity contribution in [2.45, 2.75) is 0 Å². The van der Waals surface area contributed by atoms with Crippen molar-refractivity contribution < 1.29 is 0 Å². The maximum Gasteiger partial charge on any atom is 0.101 e. The van der Waals surface area contributed by atoms with E-state index >= 15 is 0 Å². The third-order valence-electron chi connectivity index (χ3n) is 1.48. The van der Waals surface area contributed by atoms with Crippen molar-refractivity contribution in [3.8, 4) is 6.07 Å². The molecule has 0 saturated heterocycles. The maximum atomic E-state index is 8.59. The highest BCUT2D eigenvalue weighted by Gasteiger charge is 2.07. The molecule has 0 aromatic heterocycles. The maximum absolute atomic E-state index is 8.59. The predicted molar refractivity (Wildman–Crippen MR) is 44.3 cm³/mol. The van der Waals surface area contributed by atoms with Gasteiger partial charge in [0.2, 0.25) is 0 Å². The monoisotopic (exact) mass is 144 g/mol. The van der Waals surface area contributed by atoms with E-state index in [9.17, 15) is 0 Å². The van der Waals surface area contributed by atoms with Crippen LogP contribution in [0.3, 0.4) is 0 Å². The van der Waals surface area contributed by atoms with Crippen LogP contribution in [0, 0.1) is 11.3 Å². The van der Waals surface area contributed by atoms with E-state index < -0.39 is 0 Å². The molecular weight excluding hydrogens is 136 g/mol. The van der Waals surface area contributed by atoms with Crippen molar-refractivity contribution >= 4 is 0 Å². The van der Waals surface area contributed by atoms with Crippen molar-refractivity contribution in [2.24, 2.45) is 0 Å². The van der Waals surface area contributed by atoms with Crippen LogP contribution in [0.1, 0.15) is 0 Å². The van der Waals surface area contributed by atoms with E-state index in [0.29, 0.717) is 5.57 Å². The smallest absolute Gasteiger partial charge is 0.101 e. The summed E-state index contributed by atoms with van der Waals surface area (Å²) in [5.41, 5.74) is 2.15. The molecule has 1 rings (SSSR count). The summed E-state index contributed by atoms with van der Waals surface area (Å²) in [5, 5.41) is 11.4. The van der Waals surface area contributed by atoms with Gasteiger partial charge in [0.15, 0.2) is 0 Å². The van der Waals surface area contributed by atoms with Gasteiger partial charge in [-0.3, -0.25) is 0 Å². The zero-order chi connectivity index (χ0) is 8.27. The van der Waals surface area contributed by atoms with E-state index in [1.807, 2.05) is 6.07 Å². The van der Waals surface area contributed by atoms with Gasteiger partial charge in [-0.2, -0.15) is 5.26 Å². The molecule has 54 valence electrons. The predicted octanol–water partition coefficient (Wildman–Crippen LogP) is 1.62. The molecule has 1 aliphatic heterocycles. The molecule has 1 heterocycles. The number of allylic oxidation sites excluding steroid dienone is 4. The summed E-state index contributed by atoms with van der Waals surface area (Å²) in [5.74, 6) is 0. The molecule has 0 aromatic carbocycles. The first-order chi connectivity index (χ1) is 5.29. The molecule has 0 aliphatic carbocycles. The van der Waals surface area contributed by atoms with Gasteiger partial charge in [0.25, 0.3) is 0 Å². The highest BCUT2D eigenvalue weighted by atomic mass is 14.8. The minimum absolute atomic E-state index is 0.558. The Labute approximate surface area is 65.8 Å². The Bertz CT molecular complexity index is 300. The average molecular weight is 144 g/mol. The van der Waals surface area contributed by atoms with Gasteiger partial charge in [-0.05, 0) is 11.1 Å². The molecule has 1 aliphatic rings. The first kappa shape index (κ1) is 7.36. The Hall–Kier alpha value is -1.75. The summed E-state index contributed by atoms with van der Waals surface area (Å²) in [6, 6.07) is 2.03. The average Bonchev–Trinajstić information content (AvgIpc) is 2.05. The lowest BCUT2D eigenvalue weighted by Crippen LogP contribution is -2.06. The van der Waals surface area contributed by atoms with Crippen molar-refractivity contribution in [3.05, 3.63) is 48.4 Å². The van der Waals surface area contributed by atoms with Crippen molar-refractivity contribution in [1.82, 2.24) is 5.32 Å². The van der Waals surface area contributed by atoms with Crippen LogP contribution < -0.4 is 5.32 Å². The zero-order valence-electron chi connectivity index (χ0n) is 6.09. The summed E-state index contributed by atoms with van der Waals surface area (Å²) in [6.07, 6.45) is 5.05. The van der Waals surface area contributed by atoms with Gasteiger partial charge in [-0.15, -0.1) is 0 Å². The number of hydrogen-bond acceptors (Lipinski definition) is 2. The van der Waals surface area contributed by atoms with Gasteiger partial charge in [0.1, 0.15) is 6.07 Å². The largest absolute Gasteiger partial charge is 0.366 e. The Morgan fingerprint density at radius 2 is 2.27 bits per heavy atom. The summed E-state index contributed by atoms with van der Waals surface area (Å²) in [7, 11) is 0. The number of rotatable bonds is 1. The molecule has 11 heavy (non-hydrogen) atoms. The number of hydrogen-bond donors (Lipinski definition) is 1. The molecule has 0 bridgehead atoms. The molecule has 0 atom stereocenters. The van der Waals surface area contributed by atoms with Crippen molar-refractivity contribution in [3.63, 3.8) is 0 Å². The first-order valence-corrected chi connectivity index (χ1v) is 3.18. The van der Waals surface area contributed by atoms with Crippen LogP contribution in [0.2, 0.25) is 0 Å². The summed E-state index contributed by atoms with van der Waals surface area (Å²) in [6.45, 7) is 7.35. The Morgan fingerprint density at radius 1 is 1.55 bits per heavy atom. The van der Waals surface area contributed by atoms with E-state index in [2.05, 4.69) is 18.5 Å². The molecule has 2 nitrogen and oxygen atoms in total. The van der Waals surface area contributed by atoms with Crippen LogP contribution in [-0.2, 0) is 0 Å². The molecule has 1 N–H and O–H groups in total. The molecule has 0 saturated carbocycles. The molecular formula is C9H8N2. The van der Waals surface area contributed by atoms with E-state index in [-0.39, 0.29) is 0 Å². The molecule has 2 heteroatoms. The van der Waals surface area contributed by atoms with E-state index in [1.165, 1.54) is 0 Å². The summed E-state index contributed by atoms with van der Waals surface area (Å²) in [4.78, 5) is 0. The minimum atomic E-state index is 0.558. The van der Waals surface area contributed by atoms with E-state index in [4.69, 9.17) is 5.26 Å². The highest BCUT2D eigenvalue weighted by Crippen LogP contribution is 2.19. The minimum Gasteiger partial charge on any atom is -0.366 e. The number of dihydropyridines is 1. The lowest BCUT2D eigenvalue weighted by molar-refractivity contribution is 1.12. The fourth-order valence-electron chi connectivity index (χ4n) is 0.826. The second-order valence-corrected chi connectivity index (χ2v) is 2.12. The second-order valence-electron chi connectivity index (χ2n) is 2.12. The van der Waals surface area contributed by atoms with Crippen LogP contribution in [0.25, 0.3) is 0 Å². The van der Waals surface area contributed by atoms with Crippen LogP contribution in [0.15, 0.2) is 48.4 Å². The van der Waals surface area contributed by atoms with E-state index in [1.54, 1.807) is 18.5 Å². The molecule has 0 amide bonds. The Balaban J connectivity index is 2.97. The van der Waals surface area contributed by atoms with E-state index in [0.717, 1.165) is 11.1 Å². The molecule has 0 radical (unpaired) electrons. The van der Waals surface area contributed by atoms with Gasteiger partial charge in [0, 0.05) is 12.4 Å². The lowest BCUT2D eigenvalue weighted by Gasteiger charge is -2.10. The van der Waals surface area contributed by atoms with Crippen LogP contribution in [0.5, 0.6) is 0 Å². The normalized spacial score (nSPS) is 15.7. The third kappa shape index (κ3) is 1.22. The molecule has 0 fully saturated rings. The van der Waals surface area contributed by atoms with Crippen molar-refractivity contribution in [1.29, 1.82) is 5.26 Å². The molecule has 0 aromatic rings. The third-order valence-corrected chi connectivity index (χ3v) is 1.48. The number of nitriles is 1. The lowest BCUT2D eigenvalue weighted by atomic mass is 10.0. The number of nitrogens with one attached hydrogen (secondary N) is 1.